The highest BCUT2D eigenvalue weighted by Gasteiger charge is 2.71. The fourth-order valence-electron chi connectivity index (χ4n) is 12.8. The van der Waals surface area contributed by atoms with Crippen molar-refractivity contribution in [2.75, 3.05) is 6.61 Å². The van der Waals surface area contributed by atoms with Crippen LogP contribution >= 0.6 is 0 Å². The van der Waals surface area contributed by atoms with Crippen molar-refractivity contribution >= 4 is 5.97 Å². The van der Waals surface area contributed by atoms with Gasteiger partial charge in [0.1, 0.15) is 24.9 Å². The molecule has 0 radical (unpaired) electrons. The average Bonchev–Trinajstić information content (AvgIpc) is 3.67. The normalized spacial score (nSPS) is 55.5. The minimum atomic E-state index is -1.01. The maximum absolute atomic E-state index is 12.6. The van der Waals surface area contributed by atoms with Crippen LogP contribution in [0.1, 0.15) is 105 Å². The molecule has 6 N–H and O–H groups in total. The fraction of sp³-hybridized carbons (Fsp3) is 0.927. The summed E-state index contributed by atoms with van der Waals surface area (Å²) in [7, 11) is 0. The van der Waals surface area contributed by atoms with E-state index in [-0.39, 0.29) is 61.1 Å². The number of hydrogen-bond acceptors (Lipinski definition) is 14. The van der Waals surface area contributed by atoms with Crippen molar-refractivity contribution in [3.8, 4) is 0 Å². The first-order valence-corrected chi connectivity index (χ1v) is 20.9. The number of aliphatic hydroxyl groups excluding tert-OH is 5. The average molecular weight is 781 g/mol. The lowest BCUT2D eigenvalue weighted by atomic mass is 9.42. The SMILES string of the molecule is C[C@H]1OC(O[C@H]2[C@@H](O)CC(O[C@@H]3[C@@H](O)CC(O[C@H]4CC[C@]5(C)C6C[C@@H](O)[C@]7(C)[C@@H](C8=CC(=O)OC8)CC[C@]7(O)C6CC[C@@H]5C4)O[C@@H]3C)O[C@@H]2C)C[C@H](O)[C@@H]1O. The molecule has 4 saturated carbocycles. The molecule has 14 nitrogen and oxygen atoms in total. The van der Waals surface area contributed by atoms with Crippen LogP contribution in [0.4, 0.5) is 0 Å². The molecule has 0 spiro atoms. The smallest absolute Gasteiger partial charge is 0.331 e. The highest BCUT2D eigenvalue weighted by atomic mass is 16.7. The van der Waals surface area contributed by atoms with E-state index in [1.807, 2.05) is 13.8 Å². The van der Waals surface area contributed by atoms with Gasteiger partial charge in [0.15, 0.2) is 18.9 Å². The van der Waals surface area contributed by atoms with Crippen molar-refractivity contribution in [2.45, 2.75) is 197 Å². The van der Waals surface area contributed by atoms with E-state index in [0.29, 0.717) is 18.8 Å². The topological polar surface area (TPSA) is 203 Å². The Hall–Kier alpha value is -1.27. The lowest BCUT2D eigenvalue weighted by molar-refractivity contribution is -0.336. The van der Waals surface area contributed by atoms with Gasteiger partial charge in [0.2, 0.25) is 0 Å². The first-order chi connectivity index (χ1) is 26.0. The molecule has 21 atom stereocenters. The Morgan fingerprint density at radius 2 is 1.29 bits per heavy atom. The molecule has 3 saturated heterocycles. The Balaban J connectivity index is 0.837. The number of hydrogen-bond donors (Lipinski definition) is 6. The molecule has 0 aromatic heterocycles. The van der Waals surface area contributed by atoms with E-state index in [1.54, 1.807) is 19.9 Å². The van der Waals surface area contributed by atoms with Gasteiger partial charge < -0.3 is 63.8 Å². The second-order valence-corrected chi connectivity index (χ2v) is 18.8. The van der Waals surface area contributed by atoms with E-state index in [1.165, 1.54) is 0 Å². The summed E-state index contributed by atoms with van der Waals surface area (Å²) in [4.78, 5) is 11.9. The summed E-state index contributed by atoms with van der Waals surface area (Å²) >= 11 is 0. The van der Waals surface area contributed by atoms with Crippen molar-refractivity contribution in [3.63, 3.8) is 0 Å². The molecular weight excluding hydrogens is 716 g/mol. The van der Waals surface area contributed by atoms with Crippen molar-refractivity contribution in [1.82, 2.24) is 0 Å². The van der Waals surface area contributed by atoms with Crippen molar-refractivity contribution in [3.05, 3.63) is 11.6 Å². The quantitative estimate of drug-likeness (QED) is 0.162. The van der Waals surface area contributed by atoms with Gasteiger partial charge in [-0.3, -0.25) is 0 Å². The Labute approximate surface area is 323 Å². The zero-order valence-electron chi connectivity index (χ0n) is 32.9. The van der Waals surface area contributed by atoms with Crippen LogP contribution in [-0.4, -0.2) is 135 Å². The van der Waals surface area contributed by atoms with Crippen LogP contribution in [0.5, 0.6) is 0 Å². The van der Waals surface area contributed by atoms with Gasteiger partial charge in [-0.1, -0.05) is 13.8 Å². The van der Waals surface area contributed by atoms with Crippen molar-refractivity contribution in [1.29, 1.82) is 0 Å². The molecule has 312 valence electrons. The van der Waals surface area contributed by atoms with Crippen LogP contribution in [0.15, 0.2) is 11.6 Å². The van der Waals surface area contributed by atoms with Crippen LogP contribution in [0.3, 0.4) is 0 Å². The summed E-state index contributed by atoms with van der Waals surface area (Å²) in [6.45, 7) is 9.90. The Morgan fingerprint density at radius 3 is 1.87 bits per heavy atom. The minimum absolute atomic E-state index is 0.0452. The third-order valence-electron chi connectivity index (χ3n) is 16.0. The molecule has 8 aliphatic rings. The number of esters is 1. The molecule has 14 heteroatoms. The molecule has 8 rings (SSSR count). The zero-order chi connectivity index (χ0) is 39.2. The van der Waals surface area contributed by atoms with Gasteiger partial charge in [-0.2, -0.15) is 0 Å². The van der Waals surface area contributed by atoms with Crippen molar-refractivity contribution in [2.24, 2.45) is 34.5 Å². The molecule has 7 fully saturated rings. The fourth-order valence-corrected chi connectivity index (χ4v) is 12.8. The Bertz CT molecular complexity index is 1410. The number of cyclic esters (lactones) is 1. The molecule has 4 aliphatic carbocycles. The van der Waals surface area contributed by atoms with Crippen LogP contribution in [0.2, 0.25) is 0 Å². The second-order valence-electron chi connectivity index (χ2n) is 18.8. The summed E-state index contributed by atoms with van der Waals surface area (Å²) < 4.78 is 42.1. The number of rotatable bonds is 7. The Morgan fingerprint density at radius 1 is 0.691 bits per heavy atom. The van der Waals surface area contributed by atoms with E-state index in [2.05, 4.69) is 6.92 Å². The number of fused-ring (bicyclic) bond motifs is 5. The molecule has 55 heavy (non-hydrogen) atoms. The maximum Gasteiger partial charge on any atom is 0.331 e. The molecule has 0 aromatic carbocycles. The highest BCUT2D eigenvalue weighted by Crippen LogP contribution is 2.70. The molecule has 0 aromatic rings. The number of carbonyl (C=O) groups is 1. The predicted molar refractivity (Wildman–Crippen MR) is 193 cm³/mol. The lowest BCUT2D eigenvalue weighted by Gasteiger charge is -2.65. The second kappa shape index (κ2) is 15.1. The van der Waals surface area contributed by atoms with E-state index in [0.717, 1.165) is 44.1 Å². The van der Waals surface area contributed by atoms with E-state index in [4.69, 9.17) is 33.2 Å². The summed E-state index contributed by atoms with van der Waals surface area (Å²) in [5, 5.41) is 66.9. The molecule has 0 bridgehead atoms. The largest absolute Gasteiger partial charge is 0.458 e. The third-order valence-corrected chi connectivity index (χ3v) is 16.0. The standard InChI is InChI=1S/C41H64O14/c1-19-36(47)28(42)15-34(50-19)54-38-21(3)52-35(17-30(38)44)55-37-20(2)51-33(16-29(37)43)53-24-8-10-39(4)23(13-24)6-7-26-27(39)14-31(45)40(5)25(9-11-41(26,40)48)22-12-32(46)49-18-22/h12,19-21,23-31,33-38,42-45,47-48H,6-11,13-18H2,1-5H3/t19-,20-,21-,23-,24+,25-,26?,27?,28+,29+,30+,31-,33?,34?,35?,36-,37+,38-,39+,40+,41+/m1/s1. The number of aliphatic hydroxyl groups is 6. The maximum atomic E-state index is 12.6. The number of ether oxygens (including phenoxy) is 7. The molecule has 4 aliphatic heterocycles. The minimum Gasteiger partial charge on any atom is -0.458 e. The number of carbonyl (C=O) groups excluding carboxylic acids is 1. The lowest BCUT2D eigenvalue weighted by Crippen LogP contribution is -2.67. The summed E-state index contributed by atoms with van der Waals surface area (Å²) in [5.74, 6) is 0.204. The van der Waals surface area contributed by atoms with Crippen LogP contribution in [-0.2, 0) is 38.0 Å². The van der Waals surface area contributed by atoms with Crippen LogP contribution < -0.4 is 0 Å². The van der Waals surface area contributed by atoms with Gasteiger partial charge in [-0.15, -0.1) is 0 Å². The molecule has 5 unspecified atom stereocenters. The van der Waals surface area contributed by atoms with Gasteiger partial charge >= 0.3 is 5.97 Å². The van der Waals surface area contributed by atoms with E-state index in [9.17, 15) is 35.4 Å². The van der Waals surface area contributed by atoms with Gasteiger partial charge in [-0.05, 0) is 107 Å². The van der Waals surface area contributed by atoms with Gasteiger partial charge in [0.05, 0.1) is 54.4 Å². The van der Waals surface area contributed by atoms with Gasteiger partial charge in [0, 0.05) is 30.8 Å². The first-order valence-electron chi connectivity index (χ1n) is 20.9. The highest BCUT2D eigenvalue weighted by molar-refractivity contribution is 5.85. The first kappa shape index (κ1) is 40.5. The third kappa shape index (κ3) is 6.95. The van der Waals surface area contributed by atoms with Gasteiger partial charge in [-0.25, -0.2) is 4.79 Å². The molecular formula is C41H64O14. The Kier molecular flexibility index (Phi) is 11.1. The van der Waals surface area contributed by atoms with E-state index >= 15 is 0 Å². The summed E-state index contributed by atoms with van der Waals surface area (Å²) in [6.07, 6.45) is -1.51. The molecule has 0 amide bonds. The zero-order valence-corrected chi connectivity index (χ0v) is 32.9. The summed E-state index contributed by atoms with van der Waals surface area (Å²) in [6, 6.07) is 0. The monoisotopic (exact) mass is 780 g/mol. The summed E-state index contributed by atoms with van der Waals surface area (Å²) in [5.41, 5.74) is -0.892. The van der Waals surface area contributed by atoms with Crippen molar-refractivity contribution < 1.29 is 68.6 Å². The van der Waals surface area contributed by atoms with Crippen LogP contribution in [0.25, 0.3) is 0 Å². The van der Waals surface area contributed by atoms with E-state index < -0.39 is 90.9 Å². The van der Waals surface area contributed by atoms with Crippen LogP contribution in [0, 0.1) is 34.5 Å². The molecule has 4 heterocycles. The predicted octanol–water partition coefficient (Wildman–Crippen LogP) is 2.22. The van der Waals surface area contributed by atoms with Gasteiger partial charge in [0.25, 0.3) is 0 Å².